The molecule has 0 bridgehead atoms. The number of hydrogen-bond donors (Lipinski definition) is 1. The molecule has 0 aromatic heterocycles. The standard InChI is InChI=1S/C9H15F3OSi/c1-5-8(13,9(10,11)12)6-7-14(2,3)4/h13H,5H2,1-4H3. The Hall–Kier alpha value is -0.473. The third kappa shape index (κ3) is 3.72. The van der Waals surface area contributed by atoms with Crippen molar-refractivity contribution in [2.45, 2.75) is 44.8 Å². The third-order valence-corrected chi connectivity index (χ3v) is 2.50. The molecule has 0 amide bonds. The fourth-order valence-electron chi connectivity index (χ4n) is 0.651. The summed E-state index contributed by atoms with van der Waals surface area (Å²) >= 11 is 0. The Morgan fingerprint density at radius 3 is 1.86 bits per heavy atom. The second-order valence-electron chi connectivity index (χ2n) is 4.21. The lowest BCUT2D eigenvalue weighted by Gasteiger charge is -2.24. The predicted octanol–water partition coefficient (Wildman–Crippen LogP) is 2.57. The molecule has 14 heavy (non-hydrogen) atoms. The first kappa shape index (κ1) is 13.5. The Kier molecular flexibility index (Phi) is 3.82. The summed E-state index contributed by atoms with van der Waals surface area (Å²) in [7, 11) is -1.88. The first-order valence-corrected chi connectivity index (χ1v) is 7.85. The molecule has 0 heterocycles. The third-order valence-electron chi connectivity index (χ3n) is 1.62. The van der Waals surface area contributed by atoms with Crippen LogP contribution in [-0.4, -0.2) is 25.0 Å². The van der Waals surface area contributed by atoms with Crippen LogP contribution in [-0.2, 0) is 0 Å². The topological polar surface area (TPSA) is 20.2 Å². The highest BCUT2D eigenvalue weighted by Gasteiger charge is 2.51. The van der Waals surface area contributed by atoms with Crippen LogP contribution in [0.3, 0.4) is 0 Å². The fourth-order valence-corrected chi connectivity index (χ4v) is 1.23. The molecular formula is C9H15F3OSi. The van der Waals surface area contributed by atoms with Crippen LogP contribution in [0.2, 0.25) is 19.6 Å². The van der Waals surface area contributed by atoms with Gasteiger partial charge >= 0.3 is 6.18 Å². The first-order chi connectivity index (χ1) is 6.02. The summed E-state index contributed by atoms with van der Waals surface area (Å²) in [4.78, 5) is 0. The number of halogens is 3. The van der Waals surface area contributed by atoms with Crippen molar-refractivity contribution >= 4 is 8.07 Å². The summed E-state index contributed by atoms with van der Waals surface area (Å²) < 4.78 is 37.0. The van der Waals surface area contributed by atoms with E-state index in [-0.39, 0.29) is 0 Å². The molecule has 5 heteroatoms. The summed E-state index contributed by atoms with van der Waals surface area (Å²) in [5, 5.41) is 9.24. The fraction of sp³-hybridized carbons (Fsp3) is 0.778. The summed E-state index contributed by atoms with van der Waals surface area (Å²) in [5.74, 6) is 1.97. The van der Waals surface area contributed by atoms with Gasteiger partial charge in [-0.3, -0.25) is 0 Å². The second kappa shape index (κ2) is 3.95. The van der Waals surface area contributed by atoms with Crippen molar-refractivity contribution < 1.29 is 18.3 Å². The van der Waals surface area contributed by atoms with Gasteiger partial charge in [-0.1, -0.05) is 32.5 Å². The Balaban J connectivity index is 4.98. The highest BCUT2D eigenvalue weighted by molar-refractivity contribution is 6.83. The van der Waals surface area contributed by atoms with Gasteiger partial charge in [0.1, 0.15) is 8.07 Å². The Bertz CT molecular complexity index is 256. The molecule has 0 saturated heterocycles. The van der Waals surface area contributed by atoms with E-state index in [1.165, 1.54) is 6.92 Å². The molecule has 0 saturated carbocycles. The van der Waals surface area contributed by atoms with Crippen LogP contribution in [0.5, 0.6) is 0 Å². The van der Waals surface area contributed by atoms with Crippen LogP contribution in [0.25, 0.3) is 0 Å². The lowest BCUT2D eigenvalue weighted by atomic mass is 10.0. The summed E-state index contributed by atoms with van der Waals surface area (Å²) in [6.45, 7) is 6.75. The molecule has 1 atom stereocenters. The number of alkyl halides is 3. The van der Waals surface area contributed by atoms with Crippen LogP contribution in [0.1, 0.15) is 13.3 Å². The molecule has 1 unspecified atom stereocenters. The number of hydrogen-bond acceptors (Lipinski definition) is 1. The summed E-state index contributed by atoms with van der Waals surface area (Å²) in [6, 6.07) is 0. The van der Waals surface area contributed by atoms with Gasteiger partial charge in [0.2, 0.25) is 5.60 Å². The SMILES string of the molecule is CCC(O)(C#C[Si](C)(C)C)C(F)(F)F. The zero-order chi connectivity index (χ0) is 11.6. The lowest BCUT2D eigenvalue weighted by molar-refractivity contribution is -0.236. The largest absolute Gasteiger partial charge is 0.428 e. The molecule has 0 fully saturated rings. The van der Waals surface area contributed by atoms with Gasteiger partial charge in [0.15, 0.2) is 0 Å². The zero-order valence-electron chi connectivity index (χ0n) is 8.79. The van der Waals surface area contributed by atoms with Crippen LogP contribution in [0.15, 0.2) is 0 Å². The number of rotatable bonds is 1. The maximum atomic E-state index is 12.3. The van der Waals surface area contributed by atoms with Crippen LogP contribution >= 0.6 is 0 Å². The van der Waals surface area contributed by atoms with Crippen molar-refractivity contribution in [3.05, 3.63) is 0 Å². The molecule has 0 aromatic carbocycles. The summed E-state index contributed by atoms with van der Waals surface area (Å²) in [5.41, 5.74) is -0.301. The van der Waals surface area contributed by atoms with Gasteiger partial charge in [-0.2, -0.15) is 13.2 Å². The second-order valence-corrected chi connectivity index (χ2v) is 8.96. The average molecular weight is 224 g/mol. The van der Waals surface area contributed by atoms with E-state index in [9.17, 15) is 18.3 Å². The van der Waals surface area contributed by atoms with E-state index in [0.717, 1.165) is 0 Å². The van der Waals surface area contributed by atoms with E-state index in [1.807, 2.05) is 25.6 Å². The predicted molar refractivity (Wildman–Crippen MR) is 52.4 cm³/mol. The number of aliphatic hydroxyl groups is 1. The van der Waals surface area contributed by atoms with Gasteiger partial charge < -0.3 is 5.11 Å². The highest BCUT2D eigenvalue weighted by Crippen LogP contribution is 2.32. The minimum Gasteiger partial charge on any atom is -0.370 e. The van der Waals surface area contributed by atoms with E-state index >= 15 is 0 Å². The van der Waals surface area contributed by atoms with Crippen molar-refractivity contribution in [1.29, 1.82) is 0 Å². The quantitative estimate of drug-likeness (QED) is 0.536. The Labute approximate surface area is 83.3 Å². The van der Waals surface area contributed by atoms with Crippen LogP contribution in [0, 0.1) is 11.5 Å². The first-order valence-electron chi connectivity index (χ1n) is 4.35. The Morgan fingerprint density at radius 2 is 1.64 bits per heavy atom. The molecular weight excluding hydrogens is 209 g/mol. The van der Waals surface area contributed by atoms with Crippen molar-refractivity contribution in [3.63, 3.8) is 0 Å². The van der Waals surface area contributed by atoms with Crippen molar-refractivity contribution in [1.82, 2.24) is 0 Å². The smallest absolute Gasteiger partial charge is 0.370 e. The highest BCUT2D eigenvalue weighted by atomic mass is 28.3. The van der Waals surface area contributed by atoms with Crippen molar-refractivity contribution in [2.24, 2.45) is 0 Å². The van der Waals surface area contributed by atoms with E-state index in [0.29, 0.717) is 0 Å². The van der Waals surface area contributed by atoms with Crippen molar-refractivity contribution in [2.75, 3.05) is 0 Å². The van der Waals surface area contributed by atoms with Gasteiger partial charge in [0, 0.05) is 0 Å². The van der Waals surface area contributed by atoms with E-state index in [2.05, 4.69) is 5.54 Å². The molecule has 0 rings (SSSR count). The van der Waals surface area contributed by atoms with Gasteiger partial charge in [-0.15, -0.1) is 5.54 Å². The van der Waals surface area contributed by atoms with E-state index in [4.69, 9.17) is 0 Å². The molecule has 1 N–H and O–H groups in total. The van der Waals surface area contributed by atoms with E-state index in [1.54, 1.807) is 0 Å². The molecule has 0 aliphatic carbocycles. The van der Waals surface area contributed by atoms with Gasteiger partial charge in [-0.05, 0) is 6.42 Å². The summed E-state index contributed by atoms with van der Waals surface area (Å²) in [6.07, 6.45) is -5.11. The molecule has 0 aliphatic rings. The van der Waals surface area contributed by atoms with Crippen molar-refractivity contribution in [3.8, 4) is 11.5 Å². The molecule has 82 valence electrons. The molecule has 1 nitrogen and oxygen atoms in total. The van der Waals surface area contributed by atoms with Gasteiger partial charge in [-0.25, -0.2) is 0 Å². The minimum atomic E-state index is -4.67. The molecule has 0 spiro atoms. The molecule has 0 aliphatic heterocycles. The average Bonchev–Trinajstić information content (AvgIpc) is 1.96. The normalized spacial score (nSPS) is 16.9. The van der Waals surface area contributed by atoms with E-state index < -0.39 is 26.3 Å². The molecule has 0 radical (unpaired) electrons. The minimum absolute atomic E-state index is 0.437. The maximum absolute atomic E-state index is 12.3. The molecule has 0 aromatic rings. The maximum Gasteiger partial charge on any atom is 0.428 e. The lowest BCUT2D eigenvalue weighted by Crippen LogP contribution is -2.43. The van der Waals surface area contributed by atoms with Crippen LogP contribution in [0.4, 0.5) is 13.2 Å². The van der Waals surface area contributed by atoms with Gasteiger partial charge in [0.05, 0.1) is 0 Å². The van der Waals surface area contributed by atoms with Crippen LogP contribution < -0.4 is 0 Å². The monoisotopic (exact) mass is 224 g/mol. The zero-order valence-corrected chi connectivity index (χ0v) is 9.79. The van der Waals surface area contributed by atoms with Gasteiger partial charge in [0.25, 0.3) is 0 Å². The Morgan fingerprint density at radius 1 is 1.21 bits per heavy atom.